The van der Waals surface area contributed by atoms with Crippen LogP contribution in [0.1, 0.15) is 34.9 Å². The van der Waals surface area contributed by atoms with E-state index in [0.29, 0.717) is 12.1 Å². The predicted octanol–water partition coefficient (Wildman–Crippen LogP) is 4.06. The van der Waals surface area contributed by atoms with Gasteiger partial charge in [-0.2, -0.15) is 0 Å². The van der Waals surface area contributed by atoms with Gasteiger partial charge >= 0.3 is 0 Å². The van der Waals surface area contributed by atoms with Gasteiger partial charge in [0.05, 0.1) is 12.0 Å². The van der Waals surface area contributed by atoms with Crippen LogP contribution in [0.3, 0.4) is 0 Å². The molecule has 0 aliphatic heterocycles. The molecule has 25 heavy (non-hydrogen) atoms. The molecule has 0 unspecified atom stereocenters. The lowest BCUT2D eigenvalue weighted by molar-refractivity contribution is 0.275. The summed E-state index contributed by atoms with van der Waals surface area (Å²) in [6, 6.07) is 4.91. The van der Waals surface area contributed by atoms with E-state index in [1.807, 2.05) is 6.07 Å². The molecule has 0 saturated carbocycles. The van der Waals surface area contributed by atoms with Crippen LogP contribution in [0, 0.1) is 11.7 Å². The van der Waals surface area contributed by atoms with Crippen molar-refractivity contribution in [3.63, 3.8) is 0 Å². The second kappa shape index (κ2) is 6.69. The maximum atomic E-state index is 13.8. The van der Waals surface area contributed by atoms with Crippen LogP contribution in [0.15, 0.2) is 24.5 Å². The molecule has 0 bridgehead atoms. The molecular weight excluding hydrogens is 337 g/mol. The number of halogens is 1. The molecule has 6 heteroatoms. The summed E-state index contributed by atoms with van der Waals surface area (Å²) in [5, 5.41) is 13.5. The zero-order valence-corrected chi connectivity index (χ0v) is 14.9. The summed E-state index contributed by atoms with van der Waals surface area (Å²) in [6.45, 7) is 2.49. The molecule has 3 aromatic rings. The van der Waals surface area contributed by atoms with Crippen LogP contribution in [0.25, 0.3) is 10.2 Å². The van der Waals surface area contributed by atoms with Gasteiger partial charge in [-0.25, -0.2) is 14.4 Å². The molecule has 1 atom stereocenters. The number of aromatic nitrogens is 2. The van der Waals surface area contributed by atoms with Gasteiger partial charge in [-0.1, -0.05) is 19.1 Å². The summed E-state index contributed by atoms with van der Waals surface area (Å²) in [5.41, 5.74) is 2.51. The first kappa shape index (κ1) is 16.4. The van der Waals surface area contributed by atoms with Crippen LogP contribution >= 0.6 is 11.3 Å². The lowest BCUT2D eigenvalue weighted by atomic mass is 9.89. The Morgan fingerprint density at radius 3 is 3.04 bits per heavy atom. The van der Waals surface area contributed by atoms with Gasteiger partial charge in [0, 0.05) is 17.0 Å². The van der Waals surface area contributed by atoms with Gasteiger partial charge in [-0.15, -0.1) is 11.3 Å². The quantitative estimate of drug-likeness (QED) is 0.739. The normalized spacial score (nSPS) is 16.8. The second-order valence-electron chi connectivity index (χ2n) is 6.69. The third-order valence-corrected chi connectivity index (χ3v) is 6.00. The number of aliphatic hydroxyl groups excluding tert-OH is 1. The summed E-state index contributed by atoms with van der Waals surface area (Å²) >= 11 is 1.77. The highest BCUT2D eigenvalue weighted by molar-refractivity contribution is 7.19. The molecule has 0 spiro atoms. The van der Waals surface area contributed by atoms with E-state index < -0.39 is 0 Å². The Bertz CT molecular complexity index is 924. The zero-order chi connectivity index (χ0) is 17.4. The summed E-state index contributed by atoms with van der Waals surface area (Å²) in [6.07, 6.45) is 4.97. The van der Waals surface area contributed by atoms with E-state index in [1.165, 1.54) is 22.9 Å². The van der Waals surface area contributed by atoms with Crippen LogP contribution in [-0.2, 0) is 26.0 Å². The predicted molar refractivity (Wildman–Crippen MR) is 98.3 cm³/mol. The number of hydrogen-bond donors (Lipinski definition) is 2. The number of nitrogens with zero attached hydrogens (tertiary/aromatic N) is 2. The Balaban J connectivity index is 1.62. The third-order valence-electron chi connectivity index (χ3n) is 4.84. The average Bonchev–Trinajstić information content (AvgIpc) is 2.98. The Hall–Kier alpha value is -2.05. The second-order valence-corrected chi connectivity index (χ2v) is 7.78. The third kappa shape index (κ3) is 3.12. The standard InChI is InChI=1S/C19H20FN3OS/c1-11-2-5-14-16(6-11)25-19-17(14)18(22-10-23-19)21-8-12-3-4-13(9-24)15(20)7-12/h3-4,7,10-11,24H,2,5-6,8-9H2,1H3,(H,21,22,23)/t11-/m0/s1. The smallest absolute Gasteiger partial charge is 0.138 e. The van der Waals surface area contributed by atoms with Gasteiger partial charge in [0.15, 0.2) is 0 Å². The fraction of sp³-hybridized carbons (Fsp3) is 0.368. The Labute approximate surface area is 149 Å². The van der Waals surface area contributed by atoms with Crippen LogP contribution in [0.5, 0.6) is 0 Å². The molecule has 1 aliphatic rings. The van der Waals surface area contributed by atoms with Crippen molar-refractivity contribution in [1.29, 1.82) is 0 Å². The molecule has 2 N–H and O–H groups in total. The molecule has 130 valence electrons. The number of rotatable bonds is 4. The largest absolute Gasteiger partial charge is 0.392 e. The molecule has 1 aromatic carbocycles. The Morgan fingerprint density at radius 1 is 1.36 bits per heavy atom. The molecule has 0 amide bonds. The fourth-order valence-electron chi connectivity index (χ4n) is 3.42. The maximum Gasteiger partial charge on any atom is 0.138 e. The van der Waals surface area contributed by atoms with Crippen LogP contribution in [0.2, 0.25) is 0 Å². The first-order valence-corrected chi connectivity index (χ1v) is 9.34. The van der Waals surface area contributed by atoms with Crippen molar-refractivity contribution >= 4 is 27.4 Å². The molecular formula is C19H20FN3OS. The number of hydrogen-bond acceptors (Lipinski definition) is 5. The molecule has 4 nitrogen and oxygen atoms in total. The highest BCUT2D eigenvalue weighted by Gasteiger charge is 2.22. The molecule has 1 aliphatic carbocycles. The SMILES string of the molecule is C[C@H]1CCc2c(sc3ncnc(NCc4ccc(CO)c(F)c4)c23)C1. The molecule has 4 rings (SSSR count). The minimum atomic E-state index is -0.378. The molecule has 0 radical (unpaired) electrons. The summed E-state index contributed by atoms with van der Waals surface area (Å²) < 4.78 is 13.8. The Kier molecular flexibility index (Phi) is 4.39. The van der Waals surface area contributed by atoms with Crippen molar-refractivity contribution in [1.82, 2.24) is 9.97 Å². The fourth-order valence-corrected chi connectivity index (χ4v) is 4.77. The lowest BCUT2D eigenvalue weighted by Crippen LogP contribution is -2.09. The van der Waals surface area contributed by atoms with E-state index in [4.69, 9.17) is 5.11 Å². The highest BCUT2D eigenvalue weighted by Crippen LogP contribution is 2.39. The average molecular weight is 357 g/mol. The van der Waals surface area contributed by atoms with Crippen molar-refractivity contribution < 1.29 is 9.50 Å². The lowest BCUT2D eigenvalue weighted by Gasteiger charge is -2.18. The molecule has 0 fully saturated rings. The van der Waals surface area contributed by atoms with Gasteiger partial charge in [0.2, 0.25) is 0 Å². The van der Waals surface area contributed by atoms with E-state index in [9.17, 15) is 4.39 Å². The molecule has 0 saturated heterocycles. The number of fused-ring (bicyclic) bond motifs is 3. The van der Waals surface area contributed by atoms with Gasteiger partial charge in [0.1, 0.15) is 22.8 Å². The Morgan fingerprint density at radius 2 is 2.24 bits per heavy atom. The number of anilines is 1. The number of aryl methyl sites for hydroxylation is 1. The van der Waals surface area contributed by atoms with Gasteiger partial charge in [-0.05, 0) is 42.4 Å². The first-order valence-electron chi connectivity index (χ1n) is 8.53. The summed E-state index contributed by atoms with van der Waals surface area (Å²) in [5.74, 6) is 1.16. The number of nitrogens with one attached hydrogen (secondary N) is 1. The van der Waals surface area contributed by atoms with E-state index in [2.05, 4.69) is 22.2 Å². The van der Waals surface area contributed by atoms with Crippen LogP contribution < -0.4 is 5.32 Å². The van der Waals surface area contributed by atoms with E-state index >= 15 is 0 Å². The number of thiophene rings is 1. The number of aliphatic hydroxyl groups is 1. The summed E-state index contributed by atoms with van der Waals surface area (Å²) in [7, 11) is 0. The van der Waals surface area contributed by atoms with E-state index in [-0.39, 0.29) is 12.4 Å². The molecule has 2 heterocycles. The maximum absolute atomic E-state index is 13.8. The van der Waals surface area contributed by atoms with Crippen LogP contribution in [-0.4, -0.2) is 15.1 Å². The topological polar surface area (TPSA) is 58.0 Å². The van der Waals surface area contributed by atoms with Crippen molar-refractivity contribution in [2.75, 3.05) is 5.32 Å². The van der Waals surface area contributed by atoms with E-state index in [1.54, 1.807) is 23.7 Å². The van der Waals surface area contributed by atoms with E-state index in [0.717, 1.165) is 40.4 Å². The van der Waals surface area contributed by atoms with Gasteiger partial charge < -0.3 is 10.4 Å². The molecule has 2 aromatic heterocycles. The highest BCUT2D eigenvalue weighted by atomic mass is 32.1. The minimum Gasteiger partial charge on any atom is -0.392 e. The van der Waals surface area contributed by atoms with Crippen molar-refractivity contribution in [2.24, 2.45) is 5.92 Å². The first-order chi connectivity index (χ1) is 12.2. The van der Waals surface area contributed by atoms with Gasteiger partial charge in [0.25, 0.3) is 0 Å². The van der Waals surface area contributed by atoms with Crippen molar-refractivity contribution in [3.05, 3.63) is 51.9 Å². The van der Waals surface area contributed by atoms with Crippen LogP contribution in [0.4, 0.5) is 10.2 Å². The number of benzene rings is 1. The van der Waals surface area contributed by atoms with Crippen molar-refractivity contribution in [2.45, 2.75) is 39.3 Å². The van der Waals surface area contributed by atoms with Gasteiger partial charge in [-0.3, -0.25) is 0 Å². The summed E-state index contributed by atoms with van der Waals surface area (Å²) in [4.78, 5) is 11.3. The van der Waals surface area contributed by atoms with Crippen molar-refractivity contribution in [3.8, 4) is 0 Å². The monoisotopic (exact) mass is 357 g/mol. The minimum absolute atomic E-state index is 0.286. The zero-order valence-electron chi connectivity index (χ0n) is 14.1.